The fraction of sp³-hybridized carbons (Fsp3) is 0.412. The van der Waals surface area contributed by atoms with Gasteiger partial charge in [0.1, 0.15) is 10.6 Å². The van der Waals surface area contributed by atoms with Gasteiger partial charge in [-0.15, -0.1) is 0 Å². The summed E-state index contributed by atoms with van der Waals surface area (Å²) >= 11 is 2.17. The van der Waals surface area contributed by atoms with Gasteiger partial charge in [-0.1, -0.05) is 11.2 Å². The van der Waals surface area contributed by atoms with Gasteiger partial charge in [0.25, 0.3) is 5.91 Å². The number of benzene rings is 1. The number of rotatable bonds is 3. The molecule has 1 aromatic heterocycles. The molecular formula is C17H20IN3O4S. The summed E-state index contributed by atoms with van der Waals surface area (Å²) in [6.45, 7) is 4.71. The monoisotopic (exact) mass is 489 g/mol. The van der Waals surface area contributed by atoms with Crippen LogP contribution in [0.15, 0.2) is 33.7 Å². The minimum atomic E-state index is -3.69. The number of amides is 1. The molecule has 7 nitrogen and oxygen atoms in total. The van der Waals surface area contributed by atoms with E-state index in [2.05, 4.69) is 27.7 Å². The molecule has 0 atom stereocenters. The number of carbonyl (C=O) groups is 1. The first-order valence-corrected chi connectivity index (χ1v) is 10.8. The summed E-state index contributed by atoms with van der Waals surface area (Å²) in [7, 11) is -3.69. The smallest absolute Gasteiger partial charge is 0.253 e. The standard InChI is InChI=1S/C17H20IN3O4S/c1-12-16(13(2)25-19-12)26(23,24)21-8-4-7-20(9-10-21)17(22)14-5-3-6-15(18)11-14/h3,5-6,11H,4,7-10H2,1-2H3. The van der Waals surface area contributed by atoms with Gasteiger partial charge in [-0.05, 0) is 61.1 Å². The molecule has 0 N–H and O–H groups in total. The number of aryl methyl sites for hydroxylation is 2. The van der Waals surface area contributed by atoms with Crippen molar-refractivity contribution in [2.45, 2.75) is 25.2 Å². The number of carbonyl (C=O) groups excluding carboxylic acids is 1. The Morgan fingerprint density at radius 3 is 2.62 bits per heavy atom. The van der Waals surface area contributed by atoms with Crippen molar-refractivity contribution in [3.8, 4) is 0 Å². The van der Waals surface area contributed by atoms with E-state index in [0.29, 0.717) is 43.1 Å². The molecule has 1 aliphatic heterocycles. The Bertz CT molecular complexity index is 906. The Balaban J connectivity index is 1.77. The topological polar surface area (TPSA) is 83.7 Å². The first-order chi connectivity index (χ1) is 12.3. The molecule has 1 amide bonds. The number of sulfonamides is 1. The van der Waals surface area contributed by atoms with Gasteiger partial charge in [-0.25, -0.2) is 8.42 Å². The lowest BCUT2D eigenvalue weighted by Crippen LogP contribution is -2.37. The normalized spacial score (nSPS) is 16.5. The largest absolute Gasteiger partial charge is 0.360 e. The van der Waals surface area contributed by atoms with Gasteiger partial charge in [0.2, 0.25) is 10.0 Å². The lowest BCUT2D eigenvalue weighted by molar-refractivity contribution is 0.0764. The van der Waals surface area contributed by atoms with Crippen LogP contribution < -0.4 is 0 Å². The summed E-state index contributed by atoms with van der Waals surface area (Å²) in [4.78, 5) is 14.6. The maximum absolute atomic E-state index is 13.0. The third-order valence-corrected chi connectivity index (χ3v) is 7.19. The second-order valence-corrected chi connectivity index (χ2v) is 9.33. The van der Waals surface area contributed by atoms with Gasteiger partial charge < -0.3 is 9.42 Å². The zero-order valence-corrected chi connectivity index (χ0v) is 17.6. The van der Waals surface area contributed by atoms with Crippen molar-refractivity contribution in [1.82, 2.24) is 14.4 Å². The summed E-state index contributed by atoms with van der Waals surface area (Å²) in [6, 6.07) is 7.40. The highest BCUT2D eigenvalue weighted by Crippen LogP contribution is 2.24. The molecule has 1 saturated heterocycles. The molecule has 2 heterocycles. The minimum absolute atomic E-state index is 0.0693. The van der Waals surface area contributed by atoms with E-state index in [4.69, 9.17) is 4.52 Å². The third-order valence-electron chi connectivity index (χ3n) is 4.38. The zero-order valence-electron chi connectivity index (χ0n) is 14.6. The zero-order chi connectivity index (χ0) is 18.9. The Morgan fingerprint density at radius 1 is 1.19 bits per heavy atom. The van der Waals surface area contributed by atoms with E-state index in [0.717, 1.165) is 3.57 Å². The summed E-state index contributed by atoms with van der Waals surface area (Å²) < 4.78 is 33.3. The van der Waals surface area contributed by atoms with Crippen LogP contribution in [0.1, 0.15) is 28.2 Å². The molecule has 2 aromatic rings. The second-order valence-electron chi connectivity index (χ2n) is 6.21. The van der Waals surface area contributed by atoms with Crippen LogP contribution >= 0.6 is 22.6 Å². The predicted molar refractivity (Wildman–Crippen MR) is 104 cm³/mol. The first-order valence-electron chi connectivity index (χ1n) is 8.28. The highest BCUT2D eigenvalue weighted by Gasteiger charge is 2.33. The summed E-state index contributed by atoms with van der Waals surface area (Å²) in [5.74, 6) is 0.221. The van der Waals surface area contributed by atoms with Crippen LogP contribution in [0.5, 0.6) is 0 Å². The number of hydrogen-bond donors (Lipinski definition) is 0. The SMILES string of the molecule is Cc1noc(C)c1S(=O)(=O)N1CCCN(C(=O)c2cccc(I)c2)CC1. The second kappa shape index (κ2) is 7.65. The molecule has 0 aliphatic carbocycles. The molecule has 0 radical (unpaired) electrons. The quantitative estimate of drug-likeness (QED) is 0.619. The highest BCUT2D eigenvalue weighted by molar-refractivity contribution is 14.1. The van der Waals surface area contributed by atoms with Crippen molar-refractivity contribution < 1.29 is 17.7 Å². The molecule has 0 bridgehead atoms. The molecule has 0 unspecified atom stereocenters. The average Bonchev–Trinajstić information content (AvgIpc) is 2.81. The van der Waals surface area contributed by atoms with Gasteiger partial charge in [-0.3, -0.25) is 4.79 Å². The van der Waals surface area contributed by atoms with Crippen LogP contribution in [0.4, 0.5) is 0 Å². The van der Waals surface area contributed by atoms with E-state index < -0.39 is 10.0 Å². The van der Waals surface area contributed by atoms with Crippen LogP contribution in [-0.4, -0.2) is 54.9 Å². The molecule has 1 aliphatic rings. The van der Waals surface area contributed by atoms with E-state index in [1.165, 1.54) is 4.31 Å². The van der Waals surface area contributed by atoms with Crippen molar-refractivity contribution in [3.05, 3.63) is 44.9 Å². The number of hydrogen-bond acceptors (Lipinski definition) is 5. The summed E-state index contributed by atoms with van der Waals surface area (Å²) in [5.41, 5.74) is 0.984. The van der Waals surface area contributed by atoms with Gasteiger partial charge in [0.15, 0.2) is 5.76 Å². The lowest BCUT2D eigenvalue weighted by Gasteiger charge is -2.22. The molecular weight excluding hydrogens is 469 g/mol. The Morgan fingerprint density at radius 2 is 1.96 bits per heavy atom. The maximum atomic E-state index is 13.0. The highest BCUT2D eigenvalue weighted by atomic mass is 127. The average molecular weight is 489 g/mol. The minimum Gasteiger partial charge on any atom is -0.360 e. The third kappa shape index (κ3) is 3.79. The fourth-order valence-corrected chi connectivity index (χ4v) is 5.42. The maximum Gasteiger partial charge on any atom is 0.253 e. The van der Waals surface area contributed by atoms with Crippen LogP contribution in [-0.2, 0) is 10.0 Å². The molecule has 3 rings (SSSR count). The predicted octanol–water partition coefficient (Wildman–Crippen LogP) is 2.43. The molecule has 1 fully saturated rings. The van der Waals surface area contributed by atoms with E-state index in [1.807, 2.05) is 18.2 Å². The van der Waals surface area contributed by atoms with E-state index in [1.54, 1.807) is 24.8 Å². The van der Waals surface area contributed by atoms with E-state index >= 15 is 0 Å². The van der Waals surface area contributed by atoms with Gasteiger partial charge in [0, 0.05) is 35.3 Å². The summed E-state index contributed by atoms with van der Waals surface area (Å²) in [5, 5.41) is 3.75. The van der Waals surface area contributed by atoms with Gasteiger partial charge in [0.05, 0.1) is 0 Å². The Kier molecular flexibility index (Phi) is 5.68. The van der Waals surface area contributed by atoms with Crippen molar-refractivity contribution >= 4 is 38.5 Å². The fourth-order valence-electron chi connectivity index (χ4n) is 3.11. The summed E-state index contributed by atoms with van der Waals surface area (Å²) in [6.07, 6.45) is 0.582. The first kappa shape index (κ1) is 19.3. The molecule has 26 heavy (non-hydrogen) atoms. The Labute approximate surface area is 166 Å². The number of halogens is 1. The van der Waals surface area contributed by atoms with Crippen molar-refractivity contribution in [2.75, 3.05) is 26.2 Å². The van der Waals surface area contributed by atoms with Crippen LogP contribution in [0, 0.1) is 17.4 Å². The van der Waals surface area contributed by atoms with Crippen LogP contribution in [0.2, 0.25) is 0 Å². The van der Waals surface area contributed by atoms with E-state index in [9.17, 15) is 13.2 Å². The molecule has 9 heteroatoms. The lowest BCUT2D eigenvalue weighted by atomic mass is 10.2. The number of nitrogens with zero attached hydrogens (tertiary/aromatic N) is 3. The Hall–Kier alpha value is -1.46. The van der Waals surface area contributed by atoms with Crippen molar-refractivity contribution in [3.63, 3.8) is 0 Å². The van der Waals surface area contributed by atoms with Crippen molar-refractivity contribution in [1.29, 1.82) is 0 Å². The van der Waals surface area contributed by atoms with Gasteiger partial charge in [-0.2, -0.15) is 4.31 Å². The van der Waals surface area contributed by atoms with Crippen LogP contribution in [0.3, 0.4) is 0 Å². The molecule has 0 spiro atoms. The molecule has 1 aromatic carbocycles. The molecule has 140 valence electrons. The van der Waals surface area contributed by atoms with Crippen LogP contribution in [0.25, 0.3) is 0 Å². The number of aromatic nitrogens is 1. The van der Waals surface area contributed by atoms with Gasteiger partial charge >= 0.3 is 0 Å². The van der Waals surface area contributed by atoms with Crippen molar-refractivity contribution in [2.24, 2.45) is 0 Å². The van der Waals surface area contributed by atoms with E-state index in [-0.39, 0.29) is 17.3 Å². The molecule has 0 saturated carbocycles.